The molecular weight excluding hydrogens is 372 g/mol. The number of imidazole rings is 1. The van der Waals surface area contributed by atoms with E-state index in [4.69, 9.17) is 9.47 Å². The molecule has 0 bridgehead atoms. The van der Waals surface area contributed by atoms with E-state index in [1.807, 2.05) is 36.4 Å². The normalized spacial score (nSPS) is 18.9. The summed E-state index contributed by atoms with van der Waals surface area (Å²) in [4.78, 5) is 34.6. The first-order valence-corrected chi connectivity index (χ1v) is 9.25. The van der Waals surface area contributed by atoms with Gasteiger partial charge in [0.2, 0.25) is 17.8 Å². The summed E-state index contributed by atoms with van der Waals surface area (Å²) in [5, 5.41) is 2.82. The van der Waals surface area contributed by atoms with Gasteiger partial charge in [0, 0.05) is 19.0 Å². The van der Waals surface area contributed by atoms with Gasteiger partial charge in [0.1, 0.15) is 0 Å². The zero-order chi connectivity index (χ0) is 20.5. The number of aromatic nitrogens is 2. The van der Waals surface area contributed by atoms with Gasteiger partial charge in [-0.15, -0.1) is 0 Å². The maximum absolute atomic E-state index is 13.1. The number of hydrogen-bond donors (Lipinski definition) is 2. The summed E-state index contributed by atoms with van der Waals surface area (Å²) >= 11 is 0. The van der Waals surface area contributed by atoms with Crippen LogP contribution in [0.2, 0.25) is 0 Å². The Hall–Kier alpha value is -3.55. The molecule has 0 spiro atoms. The second-order valence-corrected chi connectivity index (χ2v) is 6.93. The van der Waals surface area contributed by atoms with Gasteiger partial charge in [0.25, 0.3) is 0 Å². The number of fused-ring (bicyclic) bond motifs is 1. The Labute approximate surface area is 167 Å². The molecule has 3 aromatic rings. The number of methoxy groups -OCH3 is 2. The maximum atomic E-state index is 13.1. The highest BCUT2D eigenvalue weighted by Gasteiger charge is 2.44. The molecule has 0 saturated carbocycles. The Morgan fingerprint density at radius 3 is 2.69 bits per heavy atom. The first kappa shape index (κ1) is 18.8. The summed E-state index contributed by atoms with van der Waals surface area (Å²) < 4.78 is 10.9. The van der Waals surface area contributed by atoms with Gasteiger partial charge in [-0.25, -0.2) is 4.98 Å². The van der Waals surface area contributed by atoms with Gasteiger partial charge in [0.15, 0.2) is 11.5 Å². The molecule has 2 N–H and O–H groups in total. The maximum Gasteiger partial charge on any atom is 0.232 e. The van der Waals surface area contributed by atoms with Gasteiger partial charge < -0.3 is 19.4 Å². The van der Waals surface area contributed by atoms with Crippen LogP contribution in [0.15, 0.2) is 42.5 Å². The third-order valence-corrected chi connectivity index (χ3v) is 5.31. The number of aromatic amines is 1. The molecule has 2 heterocycles. The third-order valence-electron chi connectivity index (χ3n) is 5.31. The number of benzene rings is 2. The highest BCUT2D eigenvalue weighted by atomic mass is 16.5. The lowest BCUT2D eigenvalue weighted by Crippen LogP contribution is -2.30. The quantitative estimate of drug-likeness (QED) is 0.694. The van der Waals surface area contributed by atoms with Crippen molar-refractivity contribution in [3.8, 4) is 11.5 Å². The Bertz CT molecular complexity index is 1040. The number of anilines is 1. The molecular formula is C21H22N4O4. The Balaban J connectivity index is 1.66. The van der Waals surface area contributed by atoms with Crippen LogP contribution in [0.1, 0.15) is 18.0 Å². The van der Waals surface area contributed by atoms with Crippen molar-refractivity contribution < 1.29 is 19.1 Å². The van der Waals surface area contributed by atoms with E-state index >= 15 is 0 Å². The van der Waals surface area contributed by atoms with E-state index in [0.29, 0.717) is 17.4 Å². The van der Waals surface area contributed by atoms with Gasteiger partial charge in [0.05, 0.1) is 37.2 Å². The third kappa shape index (κ3) is 3.26. The number of rotatable bonds is 5. The zero-order valence-corrected chi connectivity index (χ0v) is 16.4. The predicted octanol–water partition coefficient (Wildman–Crippen LogP) is 2.74. The van der Waals surface area contributed by atoms with E-state index in [9.17, 15) is 9.59 Å². The lowest BCUT2D eigenvalue weighted by molar-refractivity contribution is -0.128. The minimum absolute atomic E-state index is 0.105. The van der Waals surface area contributed by atoms with E-state index in [1.165, 1.54) is 0 Å². The molecule has 0 radical (unpaired) electrons. The van der Waals surface area contributed by atoms with Crippen molar-refractivity contribution in [3.05, 3.63) is 48.0 Å². The van der Waals surface area contributed by atoms with Crippen molar-refractivity contribution in [2.45, 2.75) is 12.5 Å². The highest BCUT2D eigenvalue weighted by molar-refractivity contribution is 5.98. The number of ether oxygens (including phenoxy) is 2. The molecule has 1 aliphatic rings. The summed E-state index contributed by atoms with van der Waals surface area (Å²) in [5.41, 5.74) is 2.31. The van der Waals surface area contributed by atoms with E-state index in [-0.39, 0.29) is 18.2 Å². The fraction of sp³-hybridized carbons (Fsp3) is 0.286. The number of carbonyl (C=O) groups is 2. The van der Waals surface area contributed by atoms with E-state index in [2.05, 4.69) is 15.3 Å². The van der Waals surface area contributed by atoms with Crippen molar-refractivity contribution in [2.24, 2.45) is 5.92 Å². The largest absolute Gasteiger partial charge is 0.493 e. The summed E-state index contributed by atoms with van der Waals surface area (Å²) in [7, 11) is 4.79. The van der Waals surface area contributed by atoms with Crippen molar-refractivity contribution in [1.82, 2.24) is 14.9 Å². The number of nitrogens with one attached hydrogen (secondary N) is 2. The van der Waals surface area contributed by atoms with Crippen LogP contribution >= 0.6 is 0 Å². The minimum Gasteiger partial charge on any atom is -0.493 e. The fourth-order valence-corrected chi connectivity index (χ4v) is 3.90. The summed E-state index contributed by atoms with van der Waals surface area (Å²) in [6.07, 6.45) is 0.105. The second-order valence-electron chi connectivity index (χ2n) is 6.93. The van der Waals surface area contributed by atoms with E-state index < -0.39 is 12.0 Å². The van der Waals surface area contributed by atoms with Crippen molar-refractivity contribution in [2.75, 3.05) is 26.6 Å². The van der Waals surface area contributed by atoms with E-state index in [0.717, 1.165) is 16.6 Å². The molecule has 1 aromatic heterocycles. The van der Waals surface area contributed by atoms with Gasteiger partial charge in [-0.3, -0.25) is 14.9 Å². The molecule has 0 aliphatic carbocycles. The fourth-order valence-electron chi connectivity index (χ4n) is 3.90. The molecule has 2 amide bonds. The SMILES string of the molecule is COc1cccc([C@H]2[C@H](C(=O)Nc3nc4ccccc4[nH]3)CC(=O)N2C)c1OC. The highest BCUT2D eigenvalue weighted by Crippen LogP contribution is 2.44. The monoisotopic (exact) mass is 394 g/mol. The molecule has 2 atom stereocenters. The number of hydrogen-bond acceptors (Lipinski definition) is 5. The molecule has 4 rings (SSSR count). The standard InChI is InChI=1S/C21H22N4O4/c1-25-17(26)11-13(18(25)12-7-6-10-16(28-2)19(12)29-3)20(27)24-21-22-14-8-4-5-9-15(14)23-21/h4-10,13,18H,11H2,1-3H3,(H2,22,23,24,27)/t13-,18+/m1/s1. The molecule has 8 nitrogen and oxygen atoms in total. The Morgan fingerprint density at radius 2 is 1.97 bits per heavy atom. The van der Waals surface area contributed by atoms with Crippen molar-refractivity contribution >= 4 is 28.8 Å². The van der Waals surface area contributed by atoms with Crippen LogP contribution in [0.5, 0.6) is 11.5 Å². The smallest absolute Gasteiger partial charge is 0.232 e. The Kier molecular flexibility index (Phi) is 4.84. The average molecular weight is 394 g/mol. The van der Waals surface area contributed by atoms with Crippen molar-refractivity contribution in [1.29, 1.82) is 0 Å². The van der Waals surface area contributed by atoms with Crippen LogP contribution in [-0.4, -0.2) is 47.9 Å². The molecule has 150 valence electrons. The molecule has 1 aliphatic heterocycles. The Morgan fingerprint density at radius 1 is 1.17 bits per heavy atom. The number of likely N-dealkylation sites (tertiary alicyclic amines) is 1. The number of nitrogens with zero attached hydrogens (tertiary/aromatic N) is 2. The van der Waals surface area contributed by atoms with Gasteiger partial charge in [-0.05, 0) is 18.2 Å². The molecule has 1 fully saturated rings. The summed E-state index contributed by atoms with van der Waals surface area (Å²) in [6.45, 7) is 0. The summed E-state index contributed by atoms with van der Waals surface area (Å²) in [5.74, 6) is 0.440. The molecule has 8 heteroatoms. The second kappa shape index (κ2) is 7.46. The number of para-hydroxylation sites is 3. The first-order valence-electron chi connectivity index (χ1n) is 9.25. The minimum atomic E-state index is -0.596. The number of carbonyl (C=O) groups excluding carboxylic acids is 2. The average Bonchev–Trinajstić information content (AvgIpc) is 3.27. The van der Waals surface area contributed by atoms with Crippen molar-refractivity contribution in [3.63, 3.8) is 0 Å². The summed E-state index contributed by atoms with van der Waals surface area (Å²) in [6, 6.07) is 12.5. The number of amides is 2. The van der Waals surface area contributed by atoms with Crippen LogP contribution in [-0.2, 0) is 9.59 Å². The van der Waals surface area contributed by atoms with Gasteiger partial charge >= 0.3 is 0 Å². The topological polar surface area (TPSA) is 96.5 Å². The molecule has 0 unspecified atom stereocenters. The molecule has 29 heavy (non-hydrogen) atoms. The number of H-pyrrole nitrogens is 1. The zero-order valence-electron chi connectivity index (χ0n) is 16.4. The van der Waals surface area contributed by atoms with Crippen LogP contribution in [0.3, 0.4) is 0 Å². The van der Waals surface area contributed by atoms with Gasteiger partial charge in [-0.2, -0.15) is 0 Å². The lowest BCUT2D eigenvalue weighted by Gasteiger charge is -2.26. The molecule has 2 aromatic carbocycles. The van der Waals surface area contributed by atoms with Gasteiger partial charge in [-0.1, -0.05) is 24.3 Å². The van der Waals surface area contributed by atoms with Crippen LogP contribution in [0, 0.1) is 5.92 Å². The van der Waals surface area contributed by atoms with Crippen LogP contribution in [0.4, 0.5) is 5.95 Å². The molecule has 1 saturated heterocycles. The predicted molar refractivity (Wildman–Crippen MR) is 108 cm³/mol. The van der Waals surface area contributed by atoms with E-state index in [1.54, 1.807) is 32.2 Å². The first-order chi connectivity index (χ1) is 14.0. The van der Waals surface area contributed by atoms with Crippen LogP contribution in [0.25, 0.3) is 11.0 Å². The van der Waals surface area contributed by atoms with Crippen LogP contribution < -0.4 is 14.8 Å². The lowest BCUT2D eigenvalue weighted by atomic mass is 9.92.